The zero-order valence-electron chi connectivity index (χ0n) is 10.7. The third-order valence-electron chi connectivity index (χ3n) is 3.56. The molecule has 2 aromatic carbocycles. The third kappa shape index (κ3) is 2.47. The Labute approximate surface area is 127 Å². The molecule has 0 aromatic heterocycles. The minimum Gasteiger partial charge on any atom is -0.303 e. The number of hydrogen-bond donors (Lipinski definition) is 1. The van der Waals surface area contributed by atoms with E-state index in [2.05, 4.69) is 11.4 Å². The van der Waals surface area contributed by atoms with Gasteiger partial charge < -0.3 is 5.32 Å². The third-order valence-corrected chi connectivity index (χ3v) is 4.13. The van der Waals surface area contributed by atoms with Crippen LogP contribution in [0.1, 0.15) is 27.5 Å². The van der Waals surface area contributed by atoms with Gasteiger partial charge in [0.2, 0.25) is 0 Å². The predicted molar refractivity (Wildman–Crippen MR) is 81.7 cm³/mol. The van der Waals surface area contributed by atoms with Crippen molar-refractivity contribution in [3.05, 3.63) is 69.2 Å². The van der Waals surface area contributed by atoms with Crippen molar-refractivity contribution in [2.45, 2.75) is 12.5 Å². The normalized spacial score (nSPS) is 17.6. The van der Waals surface area contributed by atoms with Crippen molar-refractivity contribution in [1.29, 1.82) is 0 Å². The van der Waals surface area contributed by atoms with Crippen molar-refractivity contribution in [3.63, 3.8) is 0 Å². The fraction of sp³-hybridized carbons (Fsp3) is 0.188. The van der Waals surface area contributed by atoms with Gasteiger partial charge in [-0.15, -0.1) is 0 Å². The zero-order valence-corrected chi connectivity index (χ0v) is 12.2. The first-order chi connectivity index (χ1) is 9.66. The lowest BCUT2D eigenvalue weighted by Crippen LogP contribution is -2.35. The standard InChI is InChI=1S/C16H13Cl2NO/c17-11-5-6-14(18)13(9-11)16(20)15-12-4-2-1-3-10(12)7-8-19-15/h1-6,9,15,19H,7-8H2. The maximum Gasteiger partial charge on any atom is 0.185 e. The predicted octanol–water partition coefficient (Wildman–Crippen LogP) is 4.06. The smallest absolute Gasteiger partial charge is 0.185 e. The van der Waals surface area contributed by atoms with E-state index in [-0.39, 0.29) is 11.8 Å². The van der Waals surface area contributed by atoms with Gasteiger partial charge in [-0.1, -0.05) is 47.5 Å². The van der Waals surface area contributed by atoms with Crippen molar-refractivity contribution in [2.75, 3.05) is 6.54 Å². The van der Waals surface area contributed by atoms with E-state index >= 15 is 0 Å². The lowest BCUT2D eigenvalue weighted by Gasteiger charge is -2.26. The molecule has 1 atom stereocenters. The minimum absolute atomic E-state index is 0.0374. The Morgan fingerprint density at radius 3 is 2.80 bits per heavy atom. The van der Waals surface area contributed by atoms with Gasteiger partial charge in [-0.25, -0.2) is 0 Å². The molecule has 0 saturated heterocycles. The molecular formula is C16H13Cl2NO. The molecule has 1 unspecified atom stereocenters. The van der Waals surface area contributed by atoms with Crippen LogP contribution in [0.2, 0.25) is 10.0 Å². The van der Waals surface area contributed by atoms with E-state index in [4.69, 9.17) is 23.2 Å². The second-order valence-electron chi connectivity index (χ2n) is 4.82. The van der Waals surface area contributed by atoms with Gasteiger partial charge in [0.25, 0.3) is 0 Å². The molecule has 0 spiro atoms. The first kappa shape index (κ1) is 13.6. The number of carbonyl (C=O) groups excluding carboxylic acids is 1. The molecule has 0 saturated carbocycles. The molecule has 3 rings (SSSR count). The number of benzene rings is 2. The Kier molecular flexibility index (Phi) is 3.79. The number of halogens is 2. The monoisotopic (exact) mass is 305 g/mol. The number of rotatable bonds is 2. The molecule has 1 N–H and O–H groups in total. The number of fused-ring (bicyclic) bond motifs is 1. The van der Waals surface area contributed by atoms with E-state index in [0.29, 0.717) is 15.6 Å². The molecule has 0 fully saturated rings. The van der Waals surface area contributed by atoms with E-state index in [1.165, 1.54) is 5.56 Å². The van der Waals surface area contributed by atoms with Crippen LogP contribution in [0.3, 0.4) is 0 Å². The summed E-state index contributed by atoms with van der Waals surface area (Å²) in [6.45, 7) is 0.783. The molecule has 2 nitrogen and oxygen atoms in total. The summed E-state index contributed by atoms with van der Waals surface area (Å²) in [5.74, 6) is -0.0374. The van der Waals surface area contributed by atoms with E-state index in [0.717, 1.165) is 18.5 Å². The number of nitrogens with one attached hydrogen (secondary N) is 1. The van der Waals surface area contributed by atoms with Crippen molar-refractivity contribution in [1.82, 2.24) is 5.32 Å². The Hall–Kier alpha value is -1.35. The van der Waals surface area contributed by atoms with Gasteiger partial charge in [0.1, 0.15) is 0 Å². The Balaban J connectivity index is 2.02. The number of Topliss-reactive ketones (excluding diaryl/α,β-unsaturated/α-hetero) is 1. The van der Waals surface area contributed by atoms with Crippen molar-refractivity contribution in [3.8, 4) is 0 Å². The summed E-state index contributed by atoms with van der Waals surface area (Å²) in [6, 6.07) is 12.6. The molecule has 0 amide bonds. The summed E-state index contributed by atoms with van der Waals surface area (Å²) >= 11 is 12.1. The minimum atomic E-state index is -0.351. The second-order valence-corrected chi connectivity index (χ2v) is 5.67. The molecule has 1 heterocycles. The Bertz CT molecular complexity index is 669. The summed E-state index contributed by atoms with van der Waals surface area (Å²) in [5, 5.41) is 4.22. The molecular weight excluding hydrogens is 293 g/mol. The van der Waals surface area contributed by atoms with E-state index in [9.17, 15) is 4.79 Å². The lowest BCUT2D eigenvalue weighted by molar-refractivity contribution is 0.0939. The van der Waals surface area contributed by atoms with Crippen LogP contribution in [0.4, 0.5) is 0 Å². The fourth-order valence-electron chi connectivity index (χ4n) is 2.58. The molecule has 2 aromatic rings. The van der Waals surface area contributed by atoms with E-state index in [1.54, 1.807) is 18.2 Å². The summed E-state index contributed by atoms with van der Waals surface area (Å²) in [5.41, 5.74) is 2.70. The second kappa shape index (κ2) is 5.57. The van der Waals surface area contributed by atoms with Gasteiger partial charge in [-0.2, -0.15) is 0 Å². The van der Waals surface area contributed by atoms with Crippen molar-refractivity contribution < 1.29 is 4.79 Å². The summed E-state index contributed by atoms with van der Waals surface area (Å²) in [6.07, 6.45) is 0.934. The molecule has 20 heavy (non-hydrogen) atoms. The van der Waals surface area contributed by atoms with E-state index in [1.807, 2.05) is 18.2 Å². The molecule has 0 bridgehead atoms. The van der Waals surface area contributed by atoms with Gasteiger partial charge in [-0.05, 0) is 35.7 Å². The molecule has 0 radical (unpaired) electrons. The van der Waals surface area contributed by atoms with Crippen LogP contribution in [-0.2, 0) is 6.42 Å². The highest BCUT2D eigenvalue weighted by Crippen LogP contribution is 2.29. The molecule has 102 valence electrons. The number of hydrogen-bond acceptors (Lipinski definition) is 2. The van der Waals surface area contributed by atoms with Crippen LogP contribution >= 0.6 is 23.2 Å². The van der Waals surface area contributed by atoms with Gasteiger partial charge in [0.05, 0.1) is 11.1 Å². The fourth-order valence-corrected chi connectivity index (χ4v) is 2.96. The molecule has 1 aliphatic rings. The first-order valence-electron chi connectivity index (χ1n) is 6.47. The maximum absolute atomic E-state index is 12.7. The summed E-state index contributed by atoms with van der Waals surface area (Å²) in [7, 11) is 0. The van der Waals surface area contributed by atoms with Crippen LogP contribution in [0.25, 0.3) is 0 Å². The van der Waals surface area contributed by atoms with Gasteiger partial charge in [0, 0.05) is 17.1 Å². The highest BCUT2D eigenvalue weighted by molar-refractivity contribution is 6.36. The first-order valence-corrected chi connectivity index (χ1v) is 7.23. The maximum atomic E-state index is 12.7. The SMILES string of the molecule is O=C(c1cc(Cl)ccc1Cl)C1NCCc2ccccc21. The average molecular weight is 306 g/mol. The largest absolute Gasteiger partial charge is 0.303 e. The van der Waals surface area contributed by atoms with Gasteiger partial charge in [-0.3, -0.25) is 4.79 Å². The van der Waals surface area contributed by atoms with Crippen molar-refractivity contribution >= 4 is 29.0 Å². The molecule has 1 aliphatic heterocycles. The topological polar surface area (TPSA) is 29.1 Å². The zero-order chi connectivity index (χ0) is 14.1. The summed E-state index contributed by atoms with van der Waals surface area (Å²) in [4.78, 5) is 12.7. The number of carbonyl (C=O) groups is 1. The van der Waals surface area contributed by atoms with Gasteiger partial charge in [0.15, 0.2) is 5.78 Å². The summed E-state index contributed by atoms with van der Waals surface area (Å²) < 4.78 is 0. The Morgan fingerprint density at radius 1 is 1.15 bits per heavy atom. The molecule has 4 heteroatoms. The van der Waals surface area contributed by atoms with Crippen LogP contribution in [0, 0.1) is 0 Å². The quantitative estimate of drug-likeness (QED) is 0.848. The number of ketones is 1. The van der Waals surface area contributed by atoms with Crippen LogP contribution in [0.15, 0.2) is 42.5 Å². The van der Waals surface area contributed by atoms with E-state index < -0.39 is 0 Å². The highest BCUT2D eigenvalue weighted by Gasteiger charge is 2.27. The molecule has 0 aliphatic carbocycles. The highest BCUT2D eigenvalue weighted by atomic mass is 35.5. The van der Waals surface area contributed by atoms with Crippen LogP contribution in [0.5, 0.6) is 0 Å². The van der Waals surface area contributed by atoms with Crippen LogP contribution < -0.4 is 5.32 Å². The van der Waals surface area contributed by atoms with Crippen molar-refractivity contribution in [2.24, 2.45) is 0 Å². The van der Waals surface area contributed by atoms with Crippen LogP contribution in [-0.4, -0.2) is 12.3 Å². The Morgan fingerprint density at radius 2 is 1.95 bits per heavy atom. The average Bonchev–Trinajstić information content (AvgIpc) is 2.48. The van der Waals surface area contributed by atoms with Gasteiger partial charge >= 0.3 is 0 Å². The lowest BCUT2D eigenvalue weighted by atomic mass is 9.89.